The average molecular weight is 291 g/mol. The normalized spacial score (nSPS) is 40.7. The van der Waals surface area contributed by atoms with Gasteiger partial charge in [-0.1, -0.05) is 6.42 Å². The number of esters is 1. The van der Waals surface area contributed by atoms with Gasteiger partial charge in [-0.25, -0.2) is 0 Å². The molecule has 5 aliphatic carbocycles. The summed E-state index contributed by atoms with van der Waals surface area (Å²) in [5.74, 6) is 2.22. The molecule has 1 amide bonds. The van der Waals surface area contributed by atoms with Gasteiger partial charge in [0.1, 0.15) is 0 Å². The van der Waals surface area contributed by atoms with Crippen molar-refractivity contribution in [1.82, 2.24) is 5.32 Å². The van der Waals surface area contributed by atoms with Crippen LogP contribution in [-0.2, 0) is 14.3 Å². The molecule has 0 atom stereocenters. The molecule has 5 saturated carbocycles. The topological polar surface area (TPSA) is 55.4 Å². The van der Waals surface area contributed by atoms with Crippen LogP contribution < -0.4 is 5.32 Å². The monoisotopic (exact) mass is 291 g/mol. The van der Waals surface area contributed by atoms with E-state index in [1.54, 1.807) is 0 Å². The number of amides is 1. The van der Waals surface area contributed by atoms with Gasteiger partial charge in [-0.15, -0.1) is 0 Å². The van der Waals surface area contributed by atoms with E-state index in [0.29, 0.717) is 0 Å². The highest BCUT2D eigenvalue weighted by atomic mass is 16.5. The molecule has 0 heterocycles. The number of hydrogen-bond donors (Lipinski definition) is 1. The Morgan fingerprint density at radius 2 is 1.57 bits per heavy atom. The SMILES string of the molecule is O=C(COC(=O)C1CCC1)NC12CC3CC(CC(C3)C1)C2. The Kier molecular flexibility index (Phi) is 3.23. The standard InChI is InChI=1S/C17H25NO3/c19-15(10-21-16(20)14-2-1-3-14)18-17-7-11-4-12(8-17)6-13(5-11)9-17/h11-14H,1-10H2,(H,18,19). The quantitative estimate of drug-likeness (QED) is 0.809. The number of ether oxygens (including phenoxy) is 1. The molecule has 0 aromatic heterocycles. The van der Waals surface area contributed by atoms with Gasteiger partial charge < -0.3 is 10.1 Å². The molecule has 0 radical (unpaired) electrons. The summed E-state index contributed by atoms with van der Waals surface area (Å²) in [5, 5.41) is 3.24. The summed E-state index contributed by atoms with van der Waals surface area (Å²) in [5.41, 5.74) is 0.0225. The predicted octanol–water partition coefficient (Wildman–Crippen LogP) is 2.41. The molecule has 0 spiro atoms. The summed E-state index contributed by atoms with van der Waals surface area (Å²) in [6.07, 6.45) is 10.5. The van der Waals surface area contributed by atoms with Gasteiger partial charge in [0.05, 0.1) is 5.92 Å². The first-order valence-electron chi connectivity index (χ1n) is 8.59. The fourth-order valence-electron chi connectivity index (χ4n) is 5.49. The molecule has 116 valence electrons. The highest BCUT2D eigenvalue weighted by molar-refractivity contribution is 5.82. The Balaban J connectivity index is 1.31. The van der Waals surface area contributed by atoms with Crippen LogP contribution in [-0.4, -0.2) is 24.0 Å². The molecule has 4 heteroatoms. The molecule has 0 aromatic carbocycles. The van der Waals surface area contributed by atoms with Gasteiger partial charge in [0.2, 0.25) is 0 Å². The molecule has 0 aromatic rings. The number of hydrogen-bond acceptors (Lipinski definition) is 3. The first kappa shape index (κ1) is 13.6. The van der Waals surface area contributed by atoms with E-state index in [2.05, 4.69) is 5.32 Å². The Bertz CT molecular complexity index is 420. The van der Waals surface area contributed by atoms with E-state index < -0.39 is 0 Å². The van der Waals surface area contributed by atoms with Crippen molar-refractivity contribution in [1.29, 1.82) is 0 Å². The molecule has 4 bridgehead atoms. The van der Waals surface area contributed by atoms with Crippen molar-refractivity contribution in [3.63, 3.8) is 0 Å². The lowest BCUT2D eigenvalue weighted by Gasteiger charge is -2.56. The Morgan fingerprint density at radius 3 is 2.05 bits per heavy atom. The van der Waals surface area contributed by atoms with Crippen LogP contribution >= 0.6 is 0 Å². The highest BCUT2D eigenvalue weighted by Gasteiger charge is 2.51. The first-order valence-corrected chi connectivity index (χ1v) is 8.59. The largest absolute Gasteiger partial charge is 0.455 e. The van der Waals surface area contributed by atoms with E-state index in [1.807, 2.05) is 0 Å². The zero-order valence-corrected chi connectivity index (χ0v) is 12.6. The highest BCUT2D eigenvalue weighted by Crippen LogP contribution is 2.55. The summed E-state index contributed by atoms with van der Waals surface area (Å²) in [6, 6.07) is 0. The van der Waals surface area contributed by atoms with Crippen LogP contribution in [0.2, 0.25) is 0 Å². The van der Waals surface area contributed by atoms with Crippen molar-refractivity contribution in [3.8, 4) is 0 Å². The predicted molar refractivity (Wildman–Crippen MR) is 77.3 cm³/mol. The van der Waals surface area contributed by atoms with E-state index in [4.69, 9.17) is 4.74 Å². The average Bonchev–Trinajstić information content (AvgIpc) is 2.31. The fourth-order valence-corrected chi connectivity index (χ4v) is 5.49. The first-order chi connectivity index (χ1) is 10.1. The molecule has 5 aliphatic rings. The Labute approximate surface area is 126 Å². The zero-order chi connectivity index (χ0) is 14.4. The van der Waals surface area contributed by atoms with Crippen LogP contribution in [0.5, 0.6) is 0 Å². The maximum atomic E-state index is 12.2. The van der Waals surface area contributed by atoms with E-state index in [-0.39, 0.29) is 29.9 Å². The smallest absolute Gasteiger partial charge is 0.309 e. The maximum absolute atomic E-state index is 12.2. The van der Waals surface area contributed by atoms with Crippen LogP contribution in [0.1, 0.15) is 57.8 Å². The molecule has 0 unspecified atom stereocenters. The maximum Gasteiger partial charge on any atom is 0.309 e. The van der Waals surface area contributed by atoms with Crippen molar-refractivity contribution in [2.45, 2.75) is 63.3 Å². The van der Waals surface area contributed by atoms with Gasteiger partial charge in [-0.05, 0) is 69.1 Å². The van der Waals surface area contributed by atoms with E-state index in [0.717, 1.165) is 56.3 Å². The Hall–Kier alpha value is -1.06. The van der Waals surface area contributed by atoms with Crippen molar-refractivity contribution in [2.24, 2.45) is 23.7 Å². The fraction of sp³-hybridized carbons (Fsp3) is 0.882. The Morgan fingerprint density at radius 1 is 1.00 bits per heavy atom. The molecule has 0 saturated heterocycles. The van der Waals surface area contributed by atoms with Gasteiger partial charge in [-0.2, -0.15) is 0 Å². The molecular weight excluding hydrogens is 266 g/mol. The van der Waals surface area contributed by atoms with E-state index >= 15 is 0 Å². The number of nitrogens with one attached hydrogen (secondary N) is 1. The van der Waals surface area contributed by atoms with Gasteiger partial charge in [0, 0.05) is 5.54 Å². The van der Waals surface area contributed by atoms with Crippen LogP contribution in [0.4, 0.5) is 0 Å². The van der Waals surface area contributed by atoms with Gasteiger partial charge in [0.15, 0.2) is 6.61 Å². The molecule has 5 fully saturated rings. The zero-order valence-electron chi connectivity index (χ0n) is 12.6. The molecule has 0 aliphatic heterocycles. The second-order valence-electron chi connectivity index (χ2n) is 7.98. The van der Waals surface area contributed by atoms with Gasteiger partial charge in [0.25, 0.3) is 5.91 Å². The summed E-state index contributed by atoms with van der Waals surface area (Å²) in [4.78, 5) is 23.9. The summed E-state index contributed by atoms with van der Waals surface area (Å²) in [7, 11) is 0. The third kappa shape index (κ3) is 2.58. The summed E-state index contributed by atoms with van der Waals surface area (Å²) < 4.78 is 5.17. The second-order valence-corrected chi connectivity index (χ2v) is 7.98. The number of carbonyl (C=O) groups is 2. The molecule has 1 N–H and O–H groups in total. The van der Waals surface area contributed by atoms with Gasteiger partial charge >= 0.3 is 5.97 Å². The number of carbonyl (C=O) groups excluding carboxylic acids is 2. The molecule has 5 rings (SSSR count). The van der Waals surface area contributed by atoms with Crippen LogP contribution in [0.15, 0.2) is 0 Å². The summed E-state index contributed by atoms with van der Waals surface area (Å²) in [6.45, 7) is -0.0862. The van der Waals surface area contributed by atoms with Crippen LogP contribution in [0.3, 0.4) is 0 Å². The van der Waals surface area contributed by atoms with Crippen LogP contribution in [0.25, 0.3) is 0 Å². The van der Waals surface area contributed by atoms with Crippen molar-refractivity contribution < 1.29 is 14.3 Å². The lowest BCUT2D eigenvalue weighted by atomic mass is 9.53. The second kappa shape index (κ2) is 4.99. The van der Waals surface area contributed by atoms with Crippen molar-refractivity contribution in [2.75, 3.05) is 6.61 Å². The van der Waals surface area contributed by atoms with Gasteiger partial charge in [-0.3, -0.25) is 9.59 Å². The minimum atomic E-state index is -0.179. The molecule has 4 nitrogen and oxygen atoms in total. The van der Waals surface area contributed by atoms with Crippen molar-refractivity contribution in [3.05, 3.63) is 0 Å². The minimum Gasteiger partial charge on any atom is -0.455 e. The lowest BCUT2D eigenvalue weighted by Crippen LogP contribution is -2.60. The third-order valence-electron chi connectivity index (χ3n) is 6.23. The summed E-state index contributed by atoms with van der Waals surface area (Å²) >= 11 is 0. The van der Waals surface area contributed by atoms with E-state index in [1.165, 1.54) is 19.3 Å². The molecular formula is C17H25NO3. The van der Waals surface area contributed by atoms with Crippen LogP contribution in [0, 0.1) is 23.7 Å². The number of rotatable bonds is 4. The van der Waals surface area contributed by atoms with E-state index in [9.17, 15) is 9.59 Å². The molecule has 21 heavy (non-hydrogen) atoms. The third-order valence-corrected chi connectivity index (χ3v) is 6.23. The van der Waals surface area contributed by atoms with Crippen molar-refractivity contribution >= 4 is 11.9 Å². The minimum absolute atomic E-state index is 0.0225. The lowest BCUT2D eigenvalue weighted by molar-refractivity contribution is -0.156.